The minimum absolute atomic E-state index is 0.0357. The number of unbranched alkanes of at least 4 members (excludes halogenated alkanes) is 1. The standard InChI is InChI=1S/C45H76N16O13/c1-23(2)19-31(59-37(66)27(47)9-5-6-16-46)41(70)60-32(20-26-21-51-22-53-26)43(72)61-18-8-11-33(61)42(71)58-30(13-15-35(63)64)40(69)57-29(12-14-34(48)62)39(68)54-24(3)36(65)56-28(10-7-17-52-45(49)50)38(67)55-25(4)44(73)74/h21-25,27-33H,5-20,46-47H2,1-4H3,(H2,48,62)(H,51,53)(H,54,68)(H,55,67)(H,56,65)(H,57,69)(H,58,71)(H,59,66)(H,60,70)(H,63,64)(H,73,74)(H4,49,50,52)/t24-,25-,27-,28-,29-,30-,31-,32-,33-/m0/s1. The van der Waals surface area contributed by atoms with Gasteiger partial charge in [-0.15, -0.1) is 0 Å². The van der Waals surface area contributed by atoms with E-state index in [2.05, 4.69) is 52.2 Å². The van der Waals surface area contributed by atoms with Gasteiger partial charge in [0.15, 0.2) is 5.96 Å². The average molecular weight is 1050 g/mol. The number of nitrogens with two attached hydrogens (primary N) is 5. The first-order chi connectivity index (χ1) is 34.8. The average Bonchev–Trinajstić information content (AvgIpc) is 4.04. The van der Waals surface area contributed by atoms with Gasteiger partial charge in [0, 0.05) is 44.2 Å². The Labute approximate surface area is 428 Å². The van der Waals surface area contributed by atoms with Crippen LogP contribution in [0.2, 0.25) is 0 Å². The normalized spacial score (nSPS) is 16.4. The lowest BCUT2D eigenvalue weighted by Crippen LogP contribution is -2.60. The summed E-state index contributed by atoms with van der Waals surface area (Å²) in [6.07, 6.45) is 2.89. The number of hydrogen-bond donors (Lipinski definition) is 15. The highest BCUT2D eigenvalue weighted by Gasteiger charge is 2.40. The fourth-order valence-corrected chi connectivity index (χ4v) is 7.67. The molecule has 0 aromatic carbocycles. The van der Waals surface area contributed by atoms with Crippen LogP contribution in [0.3, 0.4) is 0 Å². The Kier molecular flexibility index (Phi) is 27.0. The van der Waals surface area contributed by atoms with E-state index in [1.165, 1.54) is 31.3 Å². The molecular formula is C45H76N16O13. The van der Waals surface area contributed by atoms with Crippen molar-refractivity contribution < 1.29 is 63.0 Å². The predicted molar refractivity (Wildman–Crippen MR) is 265 cm³/mol. The van der Waals surface area contributed by atoms with Gasteiger partial charge in [-0.1, -0.05) is 20.3 Å². The molecule has 1 aromatic rings. The molecule has 29 nitrogen and oxygen atoms in total. The van der Waals surface area contributed by atoms with E-state index in [0.717, 1.165) is 0 Å². The van der Waals surface area contributed by atoms with E-state index in [4.69, 9.17) is 28.7 Å². The number of rotatable bonds is 34. The summed E-state index contributed by atoms with van der Waals surface area (Å²) < 4.78 is 0. The van der Waals surface area contributed by atoms with Gasteiger partial charge in [0.25, 0.3) is 0 Å². The number of carboxylic acids is 2. The van der Waals surface area contributed by atoms with Crippen LogP contribution >= 0.6 is 0 Å². The number of aromatic amines is 1. The smallest absolute Gasteiger partial charge is 0.325 e. The Bertz CT molecular complexity index is 2120. The lowest BCUT2D eigenvalue weighted by Gasteiger charge is -2.31. The monoisotopic (exact) mass is 1050 g/mol. The van der Waals surface area contributed by atoms with Crippen LogP contribution < -0.4 is 65.9 Å². The third kappa shape index (κ3) is 22.6. The molecule has 9 atom stereocenters. The molecule has 9 amide bonds. The first-order valence-electron chi connectivity index (χ1n) is 24.5. The number of carboxylic acid groups (broad SMARTS) is 2. The molecule has 2 rings (SSSR count). The summed E-state index contributed by atoms with van der Waals surface area (Å²) in [5.74, 6) is -10.6. The second-order valence-electron chi connectivity index (χ2n) is 18.5. The van der Waals surface area contributed by atoms with Gasteiger partial charge in [-0.2, -0.15) is 0 Å². The molecule has 1 saturated heterocycles. The zero-order valence-electron chi connectivity index (χ0n) is 42.4. The second-order valence-corrected chi connectivity index (χ2v) is 18.5. The van der Waals surface area contributed by atoms with Crippen LogP contribution in [0.4, 0.5) is 0 Å². The summed E-state index contributed by atoms with van der Waals surface area (Å²) in [7, 11) is 0. The van der Waals surface area contributed by atoms with Crippen LogP contribution in [0.15, 0.2) is 17.5 Å². The molecule has 0 bridgehead atoms. The summed E-state index contributed by atoms with van der Waals surface area (Å²) in [5, 5.41) is 36.2. The molecule has 2 heterocycles. The number of imidazole rings is 1. The fraction of sp³-hybridized carbons (Fsp3) is 0.667. The molecule has 1 aromatic heterocycles. The zero-order chi connectivity index (χ0) is 55.7. The number of guanidine groups is 1. The minimum atomic E-state index is -1.64. The molecule has 0 aliphatic carbocycles. The number of nitrogens with zero attached hydrogens (tertiary/aromatic N) is 3. The lowest BCUT2D eigenvalue weighted by molar-refractivity contribution is -0.143. The molecule has 0 spiro atoms. The van der Waals surface area contributed by atoms with Crippen molar-refractivity contribution in [3.8, 4) is 0 Å². The van der Waals surface area contributed by atoms with Crippen molar-refractivity contribution in [1.82, 2.24) is 52.1 Å². The number of aliphatic imine (C=N–C) groups is 1. The second kappa shape index (κ2) is 31.9. The highest BCUT2D eigenvalue weighted by molar-refractivity contribution is 5.98. The van der Waals surface area contributed by atoms with Crippen LogP contribution in [-0.4, -0.2) is 170 Å². The maximum absolute atomic E-state index is 14.5. The maximum Gasteiger partial charge on any atom is 0.325 e. The van der Waals surface area contributed by atoms with Crippen LogP contribution in [0.1, 0.15) is 110 Å². The highest BCUT2D eigenvalue weighted by atomic mass is 16.4. The van der Waals surface area contributed by atoms with Crippen LogP contribution in [0.5, 0.6) is 0 Å². The lowest BCUT2D eigenvalue weighted by atomic mass is 10.0. The molecule has 1 aliphatic rings. The fourth-order valence-electron chi connectivity index (χ4n) is 7.67. The Balaban J connectivity index is 2.35. The number of likely N-dealkylation sites (tertiary alicyclic amines) is 1. The van der Waals surface area contributed by atoms with Crippen molar-refractivity contribution in [2.75, 3.05) is 19.6 Å². The summed E-state index contributed by atoms with van der Waals surface area (Å²) in [4.78, 5) is 157. The van der Waals surface area contributed by atoms with Crippen molar-refractivity contribution in [1.29, 1.82) is 0 Å². The summed E-state index contributed by atoms with van der Waals surface area (Å²) in [5.41, 5.74) is 28.2. The van der Waals surface area contributed by atoms with E-state index in [9.17, 15) is 63.0 Å². The minimum Gasteiger partial charge on any atom is -0.481 e. The van der Waals surface area contributed by atoms with Crippen molar-refractivity contribution in [2.45, 2.75) is 166 Å². The Hall–Kier alpha value is -7.43. The molecule has 0 radical (unpaired) electrons. The van der Waals surface area contributed by atoms with Crippen molar-refractivity contribution in [3.05, 3.63) is 18.2 Å². The van der Waals surface area contributed by atoms with E-state index in [0.29, 0.717) is 37.9 Å². The first-order valence-corrected chi connectivity index (χ1v) is 24.5. The zero-order valence-corrected chi connectivity index (χ0v) is 42.4. The number of aromatic nitrogens is 2. The topological polar surface area (TPSA) is 487 Å². The molecule has 1 fully saturated rings. The van der Waals surface area contributed by atoms with Crippen molar-refractivity contribution in [2.24, 2.45) is 39.6 Å². The molecule has 414 valence electrons. The van der Waals surface area contributed by atoms with E-state index in [1.54, 1.807) is 0 Å². The molecule has 20 N–H and O–H groups in total. The van der Waals surface area contributed by atoms with Crippen molar-refractivity contribution >= 4 is 71.1 Å². The largest absolute Gasteiger partial charge is 0.481 e. The Morgan fingerprint density at radius 2 is 1.27 bits per heavy atom. The molecular weight excluding hydrogens is 973 g/mol. The van der Waals surface area contributed by atoms with Gasteiger partial charge in [-0.3, -0.25) is 57.7 Å². The first kappa shape index (κ1) is 62.7. The van der Waals surface area contributed by atoms with Gasteiger partial charge in [0.2, 0.25) is 53.2 Å². The molecule has 1 aliphatic heterocycles. The van der Waals surface area contributed by atoms with E-state index < -0.39 is 145 Å². The van der Waals surface area contributed by atoms with Gasteiger partial charge in [-0.25, -0.2) is 4.98 Å². The number of H-pyrrole nitrogens is 1. The van der Waals surface area contributed by atoms with Crippen molar-refractivity contribution in [3.63, 3.8) is 0 Å². The number of primary amides is 1. The van der Waals surface area contributed by atoms with Crippen LogP contribution in [-0.2, 0) is 59.2 Å². The van der Waals surface area contributed by atoms with Crippen LogP contribution in [0, 0.1) is 5.92 Å². The van der Waals surface area contributed by atoms with Gasteiger partial charge >= 0.3 is 11.9 Å². The number of carbonyl (C=O) groups excluding carboxylic acids is 9. The van der Waals surface area contributed by atoms with Gasteiger partial charge in [0.1, 0.15) is 48.3 Å². The van der Waals surface area contributed by atoms with E-state index in [1.807, 2.05) is 13.8 Å². The molecule has 0 unspecified atom stereocenters. The SMILES string of the molecule is CC(C)C[C@H](NC(=O)[C@@H](N)CCCCN)C(=O)N[C@@H](Cc1cnc[nH]1)C(=O)N1CCC[C@H]1C(=O)N[C@@H](CCC(=O)O)C(=O)N[C@@H](CCC(N)=O)C(=O)N[C@@H](C)C(=O)N[C@@H](CCCN=C(N)N)C(=O)N[C@@H](C)C(=O)O. The summed E-state index contributed by atoms with van der Waals surface area (Å²) in [6.45, 7) is 6.63. The van der Waals surface area contributed by atoms with E-state index >= 15 is 0 Å². The van der Waals surface area contributed by atoms with Gasteiger partial charge in [-0.05, 0) is 84.1 Å². The highest BCUT2D eigenvalue weighted by Crippen LogP contribution is 2.21. The Morgan fingerprint density at radius 1 is 0.703 bits per heavy atom. The number of amides is 9. The molecule has 29 heteroatoms. The van der Waals surface area contributed by atoms with Gasteiger partial charge in [0.05, 0.1) is 12.4 Å². The number of nitrogens with one attached hydrogen (secondary N) is 8. The third-order valence-electron chi connectivity index (χ3n) is 11.7. The maximum atomic E-state index is 14.5. The Morgan fingerprint density at radius 3 is 1.85 bits per heavy atom. The summed E-state index contributed by atoms with van der Waals surface area (Å²) >= 11 is 0. The van der Waals surface area contributed by atoms with Crippen LogP contribution in [0.25, 0.3) is 0 Å². The van der Waals surface area contributed by atoms with Gasteiger partial charge < -0.3 is 86.0 Å². The number of hydrogen-bond acceptors (Lipinski definition) is 15. The third-order valence-corrected chi connectivity index (χ3v) is 11.7. The molecule has 0 saturated carbocycles. The van der Waals surface area contributed by atoms with E-state index in [-0.39, 0.29) is 57.1 Å². The number of carbonyl (C=O) groups is 11. The number of aliphatic carboxylic acids is 2. The quantitative estimate of drug-likeness (QED) is 0.0175. The summed E-state index contributed by atoms with van der Waals surface area (Å²) in [6, 6.07) is -11.9. The molecule has 74 heavy (non-hydrogen) atoms. The predicted octanol–water partition coefficient (Wildman–Crippen LogP) is -4.85.